The van der Waals surface area contributed by atoms with Crippen LogP contribution in [-0.4, -0.2) is 24.1 Å². The molecule has 1 aromatic heterocycles. The van der Waals surface area contributed by atoms with Crippen molar-refractivity contribution in [2.75, 3.05) is 18.0 Å². The lowest BCUT2D eigenvalue weighted by molar-refractivity contribution is 0.577. The Hall–Kier alpha value is -1.42. The molecule has 106 valence electrons. The van der Waals surface area contributed by atoms with Crippen molar-refractivity contribution in [3.05, 3.63) is 35.8 Å². The zero-order valence-electron chi connectivity index (χ0n) is 12.3. The molecule has 0 saturated heterocycles. The monoisotopic (exact) mass is 265 g/mol. The van der Waals surface area contributed by atoms with Gasteiger partial charge in [0.2, 0.25) is 0 Å². The van der Waals surface area contributed by atoms with Crippen molar-refractivity contribution >= 4 is 5.82 Å². The molecule has 1 heterocycles. The van der Waals surface area contributed by atoms with Gasteiger partial charge in [-0.2, -0.15) is 0 Å². The van der Waals surface area contributed by atoms with Crippen molar-refractivity contribution in [2.24, 2.45) is 0 Å². The molecule has 0 aromatic carbocycles. The van der Waals surface area contributed by atoms with Gasteiger partial charge in [0, 0.05) is 31.2 Å². The Morgan fingerprint density at radius 2 is 2.21 bits per heavy atom. The second-order valence-corrected chi connectivity index (χ2v) is 5.14. The summed E-state index contributed by atoms with van der Waals surface area (Å²) < 4.78 is 13.4. The van der Waals surface area contributed by atoms with E-state index in [0.29, 0.717) is 12.6 Å². The maximum Gasteiger partial charge on any atom is 0.141 e. The van der Waals surface area contributed by atoms with Gasteiger partial charge >= 0.3 is 0 Å². The third-order valence-corrected chi connectivity index (χ3v) is 2.75. The molecule has 1 rings (SSSR count). The molecule has 0 bridgehead atoms. The maximum atomic E-state index is 13.4. The summed E-state index contributed by atoms with van der Waals surface area (Å²) in [6.07, 6.45) is 1.27. The van der Waals surface area contributed by atoms with Gasteiger partial charge in [0.1, 0.15) is 11.6 Å². The molecule has 3 nitrogen and oxygen atoms in total. The van der Waals surface area contributed by atoms with Gasteiger partial charge in [-0.05, 0) is 19.9 Å². The lowest BCUT2D eigenvalue weighted by atomic mass is 10.2. The normalized spacial score (nSPS) is 10.8. The average Bonchev–Trinajstić information content (AvgIpc) is 2.33. The Bertz CT molecular complexity index is 429. The smallest absolute Gasteiger partial charge is 0.141 e. The van der Waals surface area contributed by atoms with Crippen molar-refractivity contribution < 1.29 is 4.39 Å². The van der Waals surface area contributed by atoms with Gasteiger partial charge in [0.25, 0.3) is 0 Å². The van der Waals surface area contributed by atoms with Gasteiger partial charge in [-0.1, -0.05) is 26.0 Å². The highest BCUT2D eigenvalue weighted by Gasteiger charge is 2.13. The summed E-state index contributed by atoms with van der Waals surface area (Å²) in [6.45, 7) is 14.3. The third kappa shape index (κ3) is 4.99. The fourth-order valence-corrected chi connectivity index (χ4v) is 1.87. The van der Waals surface area contributed by atoms with Crippen molar-refractivity contribution in [3.63, 3.8) is 0 Å². The van der Waals surface area contributed by atoms with E-state index in [-0.39, 0.29) is 5.82 Å². The Morgan fingerprint density at radius 3 is 2.74 bits per heavy atom. The van der Waals surface area contributed by atoms with E-state index in [1.165, 1.54) is 6.20 Å². The van der Waals surface area contributed by atoms with Crippen LogP contribution in [-0.2, 0) is 6.54 Å². The quantitative estimate of drug-likeness (QED) is 0.768. The van der Waals surface area contributed by atoms with Crippen LogP contribution in [0.2, 0.25) is 0 Å². The summed E-state index contributed by atoms with van der Waals surface area (Å²) in [5.74, 6) is 0.538. The third-order valence-electron chi connectivity index (χ3n) is 2.75. The number of pyridine rings is 1. The Morgan fingerprint density at radius 1 is 1.53 bits per heavy atom. The van der Waals surface area contributed by atoms with Crippen LogP contribution < -0.4 is 10.2 Å². The topological polar surface area (TPSA) is 28.2 Å². The number of aromatic nitrogens is 1. The van der Waals surface area contributed by atoms with Crippen LogP contribution >= 0.6 is 0 Å². The summed E-state index contributed by atoms with van der Waals surface area (Å²) >= 11 is 0. The first-order valence-electron chi connectivity index (χ1n) is 6.71. The number of hydrogen-bond acceptors (Lipinski definition) is 3. The van der Waals surface area contributed by atoms with Gasteiger partial charge in [-0.3, -0.25) is 0 Å². The molecule has 0 aliphatic carbocycles. The molecule has 1 aromatic rings. The minimum absolute atomic E-state index is 0.296. The van der Waals surface area contributed by atoms with E-state index in [0.717, 1.165) is 30.0 Å². The van der Waals surface area contributed by atoms with Crippen LogP contribution in [0.4, 0.5) is 10.2 Å². The van der Waals surface area contributed by atoms with Gasteiger partial charge in [0.05, 0.1) is 6.20 Å². The molecule has 0 aliphatic rings. The lowest BCUT2D eigenvalue weighted by Crippen LogP contribution is -2.29. The van der Waals surface area contributed by atoms with Crippen LogP contribution in [0.5, 0.6) is 0 Å². The van der Waals surface area contributed by atoms with Crippen LogP contribution in [0.1, 0.15) is 33.3 Å². The first kappa shape index (κ1) is 15.6. The van der Waals surface area contributed by atoms with Crippen molar-refractivity contribution in [2.45, 2.75) is 40.3 Å². The molecule has 19 heavy (non-hydrogen) atoms. The van der Waals surface area contributed by atoms with Crippen LogP contribution in [0, 0.1) is 5.82 Å². The average molecular weight is 265 g/mol. The summed E-state index contributed by atoms with van der Waals surface area (Å²) in [5.41, 5.74) is 1.95. The molecule has 0 aliphatic heterocycles. The Labute approximate surface area is 115 Å². The van der Waals surface area contributed by atoms with Crippen molar-refractivity contribution in [1.82, 2.24) is 10.3 Å². The fraction of sp³-hybridized carbons (Fsp3) is 0.533. The first-order valence-corrected chi connectivity index (χ1v) is 6.71. The van der Waals surface area contributed by atoms with E-state index in [1.807, 2.05) is 6.92 Å². The molecule has 0 radical (unpaired) electrons. The highest BCUT2D eigenvalue weighted by molar-refractivity contribution is 5.47. The second kappa shape index (κ2) is 7.24. The molecule has 1 N–H and O–H groups in total. The van der Waals surface area contributed by atoms with Gasteiger partial charge in [-0.25, -0.2) is 9.37 Å². The van der Waals surface area contributed by atoms with E-state index < -0.39 is 0 Å². The molecule has 0 saturated carbocycles. The Balaban J connectivity index is 2.99. The number of nitrogens with one attached hydrogen (secondary N) is 1. The van der Waals surface area contributed by atoms with Crippen LogP contribution in [0.25, 0.3) is 0 Å². The van der Waals surface area contributed by atoms with E-state index >= 15 is 0 Å². The molecule has 0 unspecified atom stereocenters. The summed E-state index contributed by atoms with van der Waals surface area (Å²) in [6, 6.07) is 1.91. The van der Waals surface area contributed by atoms with E-state index in [4.69, 9.17) is 0 Å². The number of rotatable bonds is 7. The van der Waals surface area contributed by atoms with E-state index in [1.54, 1.807) is 6.07 Å². The number of hydrogen-bond donors (Lipinski definition) is 1. The van der Waals surface area contributed by atoms with Crippen LogP contribution in [0.15, 0.2) is 24.4 Å². The first-order chi connectivity index (χ1) is 8.93. The SMILES string of the molecule is C=C(C)CN(CC)c1ncc(F)cc1CNC(C)C. The number of halogens is 1. The molecule has 0 atom stereocenters. The minimum Gasteiger partial charge on any atom is -0.353 e. The summed E-state index contributed by atoms with van der Waals surface area (Å²) in [4.78, 5) is 6.36. The molecule has 0 spiro atoms. The lowest BCUT2D eigenvalue weighted by Gasteiger charge is -2.25. The predicted octanol–water partition coefficient (Wildman–Crippen LogP) is 3.12. The molecule has 4 heteroatoms. The molecule has 0 amide bonds. The highest BCUT2D eigenvalue weighted by atomic mass is 19.1. The highest BCUT2D eigenvalue weighted by Crippen LogP contribution is 2.19. The van der Waals surface area contributed by atoms with E-state index in [9.17, 15) is 4.39 Å². The van der Waals surface area contributed by atoms with Gasteiger partial charge < -0.3 is 10.2 Å². The maximum absolute atomic E-state index is 13.4. The van der Waals surface area contributed by atoms with Gasteiger partial charge in [0.15, 0.2) is 0 Å². The van der Waals surface area contributed by atoms with Crippen molar-refractivity contribution in [3.8, 4) is 0 Å². The summed E-state index contributed by atoms with van der Waals surface area (Å²) in [5, 5.41) is 3.31. The molecular weight excluding hydrogens is 241 g/mol. The number of likely N-dealkylation sites (N-methyl/N-ethyl adjacent to an activating group) is 1. The minimum atomic E-state index is -0.296. The van der Waals surface area contributed by atoms with Crippen molar-refractivity contribution in [1.29, 1.82) is 0 Å². The second-order valence-electron chi connectivity index (χ2n) is 5.14. The van der Waals surface area contributed by atoms with Gasteiger partial charge in [-0.15, -0.1) is 0 Å². The zero-order chi connectivity index (χ0) is 14.4. The zero-order valence-corrected chi connectivity index (χ0v) is 12.3. The number of anilines is 1. The summed E-state index contributed by atoms with van der Waals surface area (Å²) in [7, 11) is 0. The number of nitrogens with zero attached hydrogens (tertiary/aromatic N) is 2. The standard InChI is InChI=1S/C15H24FN3/c1-6-19(10-11(2)3)15-13(8-17-12(4)5)7-14(16)9-18-15/h7,9,12,17H,2,6,8,10H2,1,3-5H3. The fourth-order valence-electron chi connectivity index (χ4n) is 1.87. The largest absolute Gasteiger partial charge is 0.353 e. The van der Waals surface area contributed by atoms with E-state index in [2.05, 4.69) is 42.6 Å². The molecular formula is C15H24FN3. The van der Waals surface area contributed by atoms with Crippen LogP contribution in [0.3, 0.4) is 0 Å². The predicted molar refractivity (Wildman–Crippen MR) is 78.9 cm³/mol. The Kier molecular flexibility index (Phi) is 5.96. The molecule has 0 fully saturated rings.